The third-order valence-electron chi connectivity index (χ3n) is 12.8. The summed E-state index contributed by atoms with van der Waals surface area (Å²) in [7, 11) is 0. The lowest BCUT2D eigenvalue weighted by atomic mass is 9.80. The second-order valence-corrected chi connectivity index (χ2v) is 15.8. The molecule has 0 unspecified atom stereocenters. The molecule has 0 spiro atoms. The first-order valence-corrected chi connectivity index (χ1v) is 17.4. The van der Waals surface area contributed by atoms with Crippen molar-refractivity contribution in [3.63, 3.8) is 0 Å². The van der Waals surface area contributed by atoms with E-state index in [4.69, 9.17) is 0 Å². The van der Waals surface area contributed by atoms with Crippen LogP contribution in [-0.4, -0.2) is 44.5 Å². The number of amides is 4. The Balaban J connectivity index is 1.34. The molecule has 0 N–H and O–H groups in total. The Morgan fingerprint density at radius 2 is 0.889 bits per heavy atom. The number of carbonyl (C=O) groups is 4. The monoisotopic (exact) mass is 610 g/mol. The lowest BCUT2D eigenvalue weighted by Crippen LogP contribution is -2.54. The Morgan fingerprint density at radius 3 is 1.24 bits per heavy atom. The topological polar surface area (TPSA) is 74.8 Å². The zero-order valence-corrected chi connectivity index (χ0v) is 25.6. The van der Waals surface area contributed by atoms with Gasteiger partial charge in [-0.15, -0.1) is 11.3 Å². The first-order chi connectivity index (χ1) is 21.9. The normalized spacial score (nSPS) is 30.0. The molecule has 4 bridgehead atoms. The van der Waals surface area contributed by atoms with E-state index >= 15 is 9.59 Å². The predicted octanol–water partition coefficient (Wildman–Crippen LogP) is 8.22. The number of nitrogens with zero attached hydrogens (tertiary/aromatic N) is 2. The van der Waals surface area contributed by atoms with Gasteiger partial charge in [0.1, 0.15) is 9.75 Å². The maximum Gasteiger partial charge on any atom is 0.272 e. The number of thiophene rings is 1. The van der Waals surface area contributed by atoms with Gasteiger partial charge in [-0.3, -0.25) is 29.0 Å². The summed E-state index contributed by atoms with van der Waals surface area (Å²) in [6.45, 7) is 0. The maximum atomic E-state index is 15.1. The summed E-state index contributed by atoms with van der Waals surface area (Å²) in [5.74, 6) is 0.0234. The molecular weight excluding hydrogens is 580 g/mol. The fourth-order valence-electron chi connectivity index (χ4n) is 11.0. The summed E-state index contributed by atoms with van der Waals surface area (Å²) >= 11 is 1.23. The third kappa shape index (κ3) is 2.77. The highest BCUT2D eigenvalue weighted by Gasteiger charge is 2.58. The molecule has 0 atom stereocenters. The average molecular weight is 611 g/mol. The first-order valence-electron chi connectivity index (χ1n) is 16.5. The van der Waals surface area contributed by atoms with E-state index in [1.807, 2.05) is 36.4 Å². The van der Waals surface area contributed by atoms with Gasteiger partial charge in [0.25, 0.3) is 23.6 Å². The van der Waals surface area contributed by atoms with Crippen molar-refractivity contribution in [2.24, 2.45) is 11.8 Å². The van der Waals surface area contributed by atoms with E-state index in [0.29, 0.717) is 43.5 Å². The van der Waals surface area contributed by atoms with Gasteiger partial charge in [0.15, 0.2) is 0 Å². The molecule has 4 amide bonds. The molecule has 4 fully saturated rings. The van der Waals surface area contributed by atoms with Gasteiger partial charge in [-0.2, -0.15) is 0 Å². The fourth-order valence-corrected chi connectivity index (χ4v) is 12.1. The van der Waals surface area contributed by atoms with Crippen molar-refractivity contribution in [3.8, 4) is 0 Å². The van der Waals surface area contributed by atoms with Crippen molar-refractivity contribution < 1.29 is 19.2 Å². The molecule has 0 radical (unpaired) electrons. The summed E-state index contributed by atoms with van der Waals surface area (Å²) in [5.41, 5.74) is 0.0551. The molecule has 1 aromatic heterocycles. The van der Waals surface area contributed by atoms with E-state index in [1.54, 1.807) is 9.80 Å². The zero-order valence-electron chi connectivity index (χ0n) is 24.8. The Morgan fingerprint density at radius 1 is 0.511 bits per heavy atom. The summed E-state index contributed by atoms with van der Waals surface area (Å²) in [6.07, 6.45) is 9.19. The smallest absolute Gasteiger partial charge is 0.269 e. The second kappa shape index (κ2) is 8.00. The van der Waals surface area contributed by atoms with Crippen LogP contribution in [0.2, 0.25) is 0 Å². The lowest BCUT2D eigenvalue weighted by Gasteiger charge is -2.41. The molecule has 11 rings (SSSR count). The number of benzene rings is 4. The molecule has 6 nitrogen and oxygen atoms in total. The minimum atomic E-state index is -0.474. The minimum Gasteiger partial charge on any atom is -0.269 e. The van der Waals surface area contributed by atoms with E-state index in [-0.39, 0.29) is 23.6 Å². The zero-order chi connectivity index (χ0) is 30.0. The lowest BCUT2D eigenvalue weighted by molar-refractivity contribution is 0.0373. The average Bonchev–Trinajstić information content (AvgIpc) is 3.90. The van der Waals surface area contributed by atoms with Crippen molar-refractivity contribution in [3.05, 3.63) is 69.4 Å². The van der Waals surface area contributed by atoms with E-state index in [2.05, 4.69) is 12.1 Å². The van der Waals surface area contributed by atoms with Crippen molar-refractivity contribution in [2.45, 2.75) is 75.3 Å². The molecule has 0 saturated heterocycles. The van der Waals surface area contributed by atoms with Crippen LogP contribution in [0.1, 0.15) is 104 Å². The van der Waals surface area contributed by atoms with Gasteiger partial charge >= 0.3 is 0 Å². The molecule has 2 aliphatic heterocycles. The SMILES string of the molecule is O=C1c2sc3c4c(c5c6ccccc6c6ccccc6c5c(c24)C(=O)N1C12CCC(CC1)C2)C(=O)N(C12CCC(CC1)C2)C3=O. The standard InChI is InChI=1S/C38H30N2O4S/c41-33-29-25-23-7-3-1-5-21(23)22-6-2-4-8-24(22)26(25)30-28-27(29)31(35(43)39(33)37-13-9-19(17-37)10-14-37)45-32(28)36(44)40(34(30)42)38-15-11-20(18-38)12-16-38/h1-8,19-20H,9-18H2. The van der Waals surface area contributed by atoms with E-state index in [0.717, 1.165) is 96.5 Å². The number of carbonyl (C=O) groups excluding carboxylic acids is 4. The van der Waals surface area contributed by atoms with Crippen LogP contribution < -0.4 is 0 Å². The van der Waals surface area contributed by atoms with Crippen LogP contribution in [0, 0.1) is 11.8 Å². The Hall–Kier alpha value is -4.10. The summed E-state index contributed by atoms with van der Waals surface area (Å²) in [6, 6.07) is 16.3. The van der Waals surface area contributed by atoms with Gasteiger partial charge in [-0.25, -0.2) is 0 Å². The molecule has 5 aromatic rings. The Bertz CT molecular complexity index is 2140. The maximum absolute atomic E-state index is 15.1. The third-order valence-corrected chi connectivity index (χ3v) is 14.0. The van der Waals surface area contributed by atoms with Gasteiger partial charge in [-0.05, 0) is 97.6 Å². The fraction of sp³-hybridized carbons (Fsp3) is 0.368. The van der Waals surface area contributed by atoms with E-state index in [9.17, 15) is 9.59 Å². The van der Waals surface area contributed by atoms with Crippen molar-refractivity contribution in [1.82, 2.24) is 9.80 Å². The number of rotatable bonds is 2. The number of hydrogen-bond acceptors (Lipinski definition) is 5. The molecule has 4 aliphatic carbocycles. The molecule has 3 heterocycles. The van der Waals surface area contributed by atoms with Gasteiger partial charge in [0.2, 0.25) is 0 Å². The quantitative estimate of drug-likeness (QED) is 0.149. The van der Waals surface area contributed by atoms with Crippen LogP contribution in [0.5, 0.6) is 0 Å². The molecular formula is C38H30N2O4S. The highest BCUT2D eigenvalue weighted by Crippen LogP contribution is 2.58. The highest BCUT2D eigenvalue weighted by atomic mass is 32.1. The molecule has 4 saturated carbocycles. The Labute approximate surface area is 262 Å². The minimum absolute atomic E-state index is 0.258. The van der Waals surface area contributed by atoms with Gasteiger partial charge in [0.05, 0.1) is 22.2 Å². The van der Waals surface area contributed by atoms with Crippen LogP contribution in [0.3, 0.4) is 0 Å². The van der Waals surface area contributed by atoms with Crippen LogP contribution in [-0.2, 0) is 0 Å². The van der Waals surface area contributed by atoms with E-state index < -0.39 is 11.1 Å². The molecule has 45 heavy (non-hydrogen) atoms. The first kappa shape index (κ1) is 25.1. The highest BCUT2D eigenvalue weighted by molar-refractivity contribution is 7.18. The molecule has 222 valence electrons. The molecule has 6 aliphatic rings. The van der Waals surface area contributed by atoms with Crippen LogP contribution >= 0.6 is 11.3 Å². The number of imide groups is 2. The van der Waals surface area contributed by atoms with Crippen molar-refractivity contribution >= 4 is 78.1 Å². The van der Waals surface area contributed by atoms with Crippen LogP contribution in [0.15, 0.2) is 48.5 Å². The summed E-state index contributed by atoms with van der Waals surface area (Å²) in [5, 5.41) is 6.40. The molecule has 7 heteroatoms. The van der Waals surface area contributed by atoms with Crippen molar-refractivity contribution in [1.29, 1.82) is 0 Å². The van der Waals surface area contributed by atoms with Crippen LogP contribution in [0.4, 0.5) is 0 Å². The van der Waals surface area contributed by atoms with E-state index in [1.165, 1.54) is 11.3 Å². The van der Waals surface area contributed by atoms with Gasteiger partial charge in [-0.1, -0.05) is 48.5 Å². The predicted molar refractivity (Wildman–Crippen MR) is 174 cm³/mol. The summed E-state index contributed by atoms with van der Waals surface area (Å²) in [4.78, 5) is 63.5. The van der Waals surface area contributed by atoms with Gasteiger partial charge < -0.3 is 0 Å². The molecule has 4 aromatic carbocycles. The van der Waals surface area contributed by atoms with Crippen molar-refractivity contribution in [2.75, 3.05) is 0 Å². The van der Waals surface area contributed by atoms with Crippen LogP contribution in [0.25, 0.3) is 43.1 Å². The second-order valence-electron chi connectivity index (χ2n) is 14.7. The largest absolute Gasteiger partial charge is 0.272 e. The Kier molecular flexibility index (Phi) is 4.47. The number of fused-ring (bicyclic) bond motifs is 12. The van der Waals surface area contributed by atoms with Gasteiger partial charge in [0, 0.05) is 21.5 Å². The summed E-state index contributed by atoms with van der Waals surface area (Å²) < 4.78 is 0. The number of hydrogen-bond donors (Lipinski definition) is 0.